The number of esters is 1. The van der Waals surface area contributed by atoms with Gasteiger partial charge >= 0.3 is 5.97 Å². The Labute approximate surface area is 129 Å². The van der Waals surface area contributed by atoms with Crippen LogP contribution in [0.5, 0.6) is 5.75 Å². The highest BCUT2D eigenvalue weighted by Gasteiger charge is 2.28. The Balaban J connectivity index is 1.69. The second-order valence-electron chi connectivity index (χ2n) is 5.25. The molecule has 22 heavy (non-hydrogen) atoms. The summed E-state index contributed by atoms with van der Waals surface area (Å²) >= 11 is 0. The molecule has 1 N–H and O–H groups in total. The number of benzene rings is 1. The van der Waals surface area contributed by atoms with Gasteiger partial charge in [0, 0.05) is 6.04 Å². The quantitative estimate of drug-likeness (QED) is 0.769. The molecule has 0 saturated heterocycles. The Morgan fingerprint density at radius 1 is 1.36 bits per heavy atom. The zero-order valence-electron chi connectivity index (χ0n) is 12.4. The Kier molecular flexibility index (Phi) is 5.37. The van der Waals surface area contributed by atoms with E-state index in [4.69, 9.17) is 14.7 Å². The second-order valence-corrected chi connectivity index (χ2v) is 5.25. The van der Waals surface area contributed by atoms with E-state index in [1.54, 1.807) is 24.3 Å². The van der Waals surface area contributed by atoms with Gasteiger partial charge < -0.3 is 14.8 Å². The van der Waals surface area contributed by atoms with Crippen LogP contribution >= 0.6 is 0 Å². The topological polar surface area (TPSA) is 88.4 Å². The number of carbonyl (C=O) groups is 2. The number of ether oxygens (including phenoxy) is 2. The molecule has 0 bridgehead atoms. The van der Waals surface area contributed by atoms with Gasteiger partial charge in [-0.2, -0.15) is 5.26 Å². The lowest BCUT2D eigenvalue weighted by atomic mass is 10.2. The average Bonchev–Trinajstić information content (AvgIpc) is 3.36. The van der Waals surface area contributed by atoms with Crippen molar-refractivity contribution in [2.45, 2.75) is 25.8 Å². The molecule has 1 atom stereocenters. The zero-order valence-corrected chi connectivity index (χ0v) is 12.4. The van der Waals surface area contributed by atoms with Crippen LogP contribution < -0.4 is 10.1 Å². The standard InChI is InChI=1S/C16H18N2O4/c1-11(12-6-7-12)18-15(19)9-22-16(20)10-21-14-5-3-2-4-13(14)8-17/h2-5,11-12H,6-7,9-10H2,1H3,(H,18,19)/t11-/m0/s1. The SMILES string of the molecule is C[C@H](NC(=O)COC(=O)COc1ccccc1C#N)C1CC1. The Bertz CT molecular complexity index is 590. The summed E-state index contributed by atoms with van der Waals surface area (Å²) in [6.07, 6.45) is 2.26. The lowest BCUT2D eigenvalue weighted by Gasteiger charge is -2.13. The molecule has 1 saturated carbocycles. The lowest BCUT2D eigenvalue weighted by molar-refractivity contribution is -0.150. The summed E-state index contributed by atoms with van der Waals surface area (Å²) in [6.45, 7) is 1.28. The van der Waals surface area contributed by atoms with Gasteiger partial charge in [-0.05, 0) is 37.8 Å². The van der Waals surface area contributed by atoms with Gasteiger partial charge in [0.25, 0.3) is 5.91 Å². The summed E-state index contributed by atoms with van der Waals surface area (Å²) in [6, 6.07) is 8.67. The van der Waals surface area contributed by atoms with Crippen molar-refractivity contribution in [1.29, 1.82) is 5.26 Å². The largest absolute Gasteiger partial charge is 0.481 e. The third kappa shape index (κ3) is 4.77. The first-order valence-corrected chi connectivity index (χ1v) is 7.17. The van der Waals surface area contributed by atoms with Crippen LogP contribution in [-0.2, 0) is 14.3 Å². The molecule has 0 heterocycles. The zero-order chi connectivity index (χ0) is 15.9. The fraction of sp³-hybridized carbons (Fsp3) is 0.438. The molecule has 1 aromatic rings. The smallest absolute Gasteiger partial charge is 0.344 e. The van der Waals surface area contributed by atoms with Gasteiger partial charge in [0.2, 0.25) is 0 Å². The van der Waals surface area contributed by atoms with E-state index in [0.29, 0.717) is 17.2 Å². The van der Waals surface area contributed by atoms with Crippen LogP contribution in [0.25, 0.3) is 0 Å². The van der Waals surface area contributed by atoms with Gasteiger partial charge in [-0.1, -0.05) is 12.1 Å². The minimum absolute atomic E-state index is 0.116. The molecule has 116 valence electrons. The number of rotatable bonds is 7. The Hall–Kier alpha value is -2.55. The minimum atomic E-state index is -0.651. The molecule has 0 spiro atoms. The fourth-order valence-corrected chi connectivity index (χ4v) is 2.02. The highest BCUT2D eigenvalue weighted by atomic mass is 16.6. The van der Waals surface area contributed by atoms with Crippen LogP contribution in [0.1, 0.15) is 25.3 Å². The van der Waals surface area contributed by atoms with Crippen LogP contribution in [0.2, 0.25) is 0 Å². The van der Waals surface area contributed by atoms with E-state index in [1.807, 2.05) is 13.0 Å². The third-order valence-electron chi connectivity index (χ3n) is 3.44. The van der Waals surface area contributed by atoms with Gasteiger partial charge in [-0.15, -0.1) is 0 Å². The summed E-state index contributed by atoms with van der Waals surface area (Å²) in [5.74, 6) is -0.105. The summed E-state index contributed by atoms with van der Waals surface area (Å²) < 4.78 is 10.1. The van der Waals surface area contributed by atoms with Crippen molar-refractivity contribution in [3.63, 3.8) is 0 Å². The van der Waals surface area contributed by atoms with Gasteiger partial charge in [0.15, 0.2) is 13.2 Å². The predicted octanol–water partition coefficient (Wildman–Crippen LogP) is 1.39. The maximum absolute atomic E-state index is 11.6. The molecule has 1 aliphatic carbocycles. The maximum Gasteiger partial charge on any atom is 0.344 e. The minimum Gasteiger partial charge on any atom is -0.481 e. The molecule has 2 rings (SSSR count). The molecule has 0 unspecified atom stereocenters. The van der Waals surface area contributed by atoms with Gasteiger partial charge in [0.1, 0.15) is 11.8 Å². The van der Waals surface area contributed by atoms with Crippen LogP contribution in [0.15, 0.2) is 24.3 Å². The number of nitriles is 1. The molecule has 0 aliphatic heterocycles. The fourth-order valence-electron chi connectivity index (χ4n) is 2.02. The molecule has 0 aromatic heterocycles. The van der Waals surface area contributed by atoms with Crippen molar-refractivity contribution in [3.05, 3.63) is 29.8 Å². The monoisotopic (exact) mass is 302 g/mol. The Morgan fingerprint density at radius 3 is 2.77 bits per heavy atom. The van der Waals surface area contributed by atoms with E-state index in [1.165, 1.54) is 0 Å². The molecule has 0 radical (unpaired) electrons. The van der Waals surface area contributed by atoms with Crippen molar-refractivity contribution >= 4 is 11.9 Å². The van der Waals surface area contributed by atoms with Crippen molar-refractivity contribution < 1.29 is 19.1 Å². The molecule has 1 aliphatic rings. The van der Waals surface area contributed by atoms with Crippen LogP contribution in [0, 0.1) is 17.2 Å². The van der Waals surface area contributed by atoms with Gasteiger partial charge in [0.05, 0.1) is 5.56 Å². The number of nitrogens with zero attached hydrogens (tertiary/aromatic N) is 1. The predicted molar refractivity (Wildman–Crippen MR) is 77.9 cm³/mol. The molecule has 6 nitrogen and oxygen atoms in total. The number of hydrogen-bond donors (Lipinski definition) is 1. The number of amides is 1. The molecule has 1 fully saturated rings. The van der Waals surface area contributed by atoms with E-state index >= 15 is 0 Å². The summed E-state index contributed by atoms with van der Waals surface area (Å²) in [7, 11) is 0. The molecular formula is C16H18N2O4. The first-order chi connectivity index (χ1) is 10.6. The maximum atomic E-state index is 11.6. The highest BCUT2D eigenvalue weighted by Crippen LogP contribution is 2.32. The number of carbonyl (C=O) groups excluding carboxylic acids is 2. The van der Waals surface area contributed by atoms with Gasteiger partial charge in [-0.25, -0.2) is 4.79 Å². The highest BCUT2D eigenvalue weighted by molar-refractivity contribution is 5.81. The molecular weight excluding hydrogens is 284 g/mol. The van der Waals surface area contributed by atoms with E-state index in [0.717, 1.165) is 12.8 Å². The van der Waals surface area contributed by atoms with Crippen LogP contribution in [0.3, 0.4) is 0 Å². The summed E-state index contributed by atoms with van der Waals surface area (Å²) in [5, 5.41) is 11.7. The first-order valence-electron chi connectivity index (χ1n) is 7.17. The van der Waals surface area contributed by atoms with Crippen LogP contribution in [0.4, 0.5) is 0 Å². The molecule has 1 amide bonds. The normalized spacial score (nSPS) is 14.5. The Morgan fingerprint density at radius 2 is 2.09 bits per heavy atom. The summed E-state index contributed by atoms with van der Waals surface area (Å²) in [4.78, 5) is 23.1. The number of para-hydroxylation sites is 1. The van der Waals surface area contributed by atoms with Crippen molar-refractivity contribution in [1.82, 2.24) is 5.32 Å². The third-order valence-corrected chi connectivity index (χ3v) is 3.44. The van der Waals surface area contributed by atoms with E-state index in [-0.39, 0.29) is 25.2 Å². The van der Waals surface area contributed by atoms with E-state index in [9.17, 15) is 9.59 Å². The molecule has 6 heteroatoms. The van der Waals surface area contributed by atoms with Crippen molar-refractivity contribution in [2.24, 2.45) is 5.92 Å². The first kappa shape index (κ1) is 15.8. The second kappa shape index (κ2) is 7.46. The van der Waals surface area contributed by atoms with Gasteiger partial charge in [-0.3, -0.25) is 4.79 Å². The lowest BCUT2D eigenvalue weighted by Crippen LogP contribution is -2.37. The van der Waals surface area contributed by atoms with Crippen molar-refractivity contribution in [2.75, 3.05) is 13.2 Å². The summed E-state index contributed by atoms with van der Waals surface area (Å²) in [5.41, 5.74) is 0.339. The van der Waals surface area contributed by atoms with Crippen molar-refractivity contribution in [3.8, 4) is 11.8 Å². The van der Waals surface area contributed by atoms with E-state index in [2.05, 4.69) is 5.32 Å². The van der Waals surface area contributed by atoms with E-state index < -0.39 is 5.97 Å². The average molecular weight is 302 g/mol. The number of nitrogens with one attached hydrogen (secondary N) is 1. The molecule has 1 aromatic carbocycles. The number of hydrogen-bond acceptors (Lipinski definition) is 5. The van der Waals surface area contributed by atoms with Crippen LogP contribution in [-0.4, -0.2) is 31.1 Å².